The van der Waals surface area contributed by atoms with Gasteiger partial charge in [-0.1, -0.05) is 0 Å². The van der Waals surface area contributed by atoms with Crippen LogP contribution in [0.4, 0.5) is 5.13 Å². The summed E-state index contributed by atoms with van der Waals surface area (Å²) in [6, 6.07) is 0.0798. The van der Waals surface area contributed by atoms with Gasteiger partial charge < -0.3 is 15.4 Å². The molecule has 2 rings (SSSR count). The minimum absolute atomic E-state index is 0.0246. The molecule has 6 heteroatoms. The van der Waals surface area contributed by atoms with Gasteiger partial charge in [-0.3, -0.25) is 4.79 Å². The van der Waals surface area contributed by atoms with Gasteiger partial charge in [0.25, 0.3) is 0 Å². The molecule has 1 fully saturated rings. The molecule has 2 heterocycles. The first kappa shape index (κ1) is 11.3. The van der Waals surface area contributed by atoms with Crippen LogP contribution in [-0.2, 0) is 9.53 Å². The molecule has 0 unspecified atom stereocenters. The third-order valence-corrected chi connectivity index (χ3v) is 3.41. The first-order valence-electron chi connectivity index (χ1n) is 5.21. The number of anilines is 1. The molecule has 1 aliphatic heterocycles. The maximum atomic E-state index is 11.8. The van der Waals surface area contributed by atoms with Crippen molar-refractivity contribution in [1.82, 2.24) is 9.88 Å². The number of nitrogens with two attached hydrogens (primary N) is 1. The molecule has 1 aliphatic rings. The van der Waals surface area contributed by atoms with Crippen molar-refractivity contribution in [2.75, 3.05) is 26.0 Å². The van der Waals surface area contributed by atoms with Gasteiger partial charge in [0.15, 0.2) is 5.13 Å². The van der Waals surface area contributed by atoms with Gasteiger partial charge in [0.2, 0.25) is 5.91 Å². The van der Waals surface area contributed by atoms with Crippen LogP contribution in [0.5, 0.6) is 0 Å². The first-order chi connectivity index (χ1) is 7.72. The number of nitrogen functional groups attached to an aromatic ring is 1. The number of aromatic nitrogens is 1. The van der Waals surface area contributed by atoms with Gasteiger partial charge in [0.1, 0.15) is 6.61 Å². The number of methoxy groups -OCH3 is 1. The fourth-order valence-electron chi connectivity index (χ4n) is 2.03. The van der Waals surface area contributed by atoms with E-state index in [0.717, 1.165) is 25.1 Å². The van der Waals surface area contributed by atoms with Crippen LogP contribution in [-0.4, -0.2) is 36.1 Å². The highest BCUT2D eigenvalue weighted by molar-refractivity contribution is 7.13. The molecule has 1 saturated heterocycles. The fourth-order valence-corrected chi connectivity index (χ4v) is 2.64. The Bertz CT molecular complexity index is 380. The molecule has 0 saturated carbocycles. The van der Waals surface area contributed by atoms with Crippen molar-refractivity contribution in [3.05, 3.63) is 11.1 Å². The quantitative estimate of drug-likeness (QED) is 0.858. The van der Waals surface area contributed by atoms with Crippen LogP contribution < -0.4 is 5.73 Å². The summed E-state index contributed by atoms with van der Waals surface area (Å²) in [5.41, 5.74) is 6.51. The van der Waals surface area contributed by atoms with Gasteiger partial charge in [-0.2, -0.15) is 0 Å². The van der Waals surface area contributed by atoms with E-state index in [0.29, 0.717) is 5.13 Å². The van der Waals surface area contributed by atoms with Crippen molar-refractivity contribution < 1.29 is 9.53 Å². The molecule has 1 aromatic rings. The number of nitrogens with zero attached hydrogens (tertiary/aromatic N) is 2. The topological polar surface area (TPSA) is 68.5 Å². The minimum atomic E-state index is 0.0246. The third-order valence-electron chi connectivity index (χ3n) is 2.72. The van der Waals surface area contributed by atoms with Crippen LogP contribution in [0.15, 0.2) is 5.38 Å². The smallest absolute Gasteiger partial charge is 0.249 e. The third kappa shape index (κ3) is 2.17. The summed E-state index contributed by atoms with van der Waals surface area (Å²) >= 11 is 1.42. The van der Waals surface area contributed by atoms with Crippen molar-refractivity contribution in [2.45, 2.75) is 18.9 Å². The monoisotopic (exact) mass is 241 g/mol. The number of ether oxygens (including phenoxy) is 1. The second-order valence-corrected chi connectivity index (χ2v) is 4.68. The van der Waals surface area contributed by atoms with E-state index < -0.39 is 0 Å². The van der Waals surface area contributed by atoms with Crippen LogP contribution in [0.2, 0.25) is 0 Å². The fraction of sp³-hybridized carbons (Fsp3) is 0.600. The van der Waals surface area contributed by atoms with Crippen LogP contribution in [0.3, 0.4) is 0 Å². The number of thiazole rings is 1. The molecule has 0 bridgehead atoms. The molecule has 16 heavy (non-hydrogen) atoms. The number of hydrogen-bond donors (Lipinski definition) is 1. The van der Waals surface area contributed by atoms with Crippen LogP contribution in [0.25, 0.3) is 0 Å². The second-order valence-electron chi connectivity index (χ2n) is 3.79. The molecule has 1 aromatic heterocycles. The van der Waals surface area contributed by atoms with Crippen molar-refractivity contribution in [1.29, 1.82) is 0 Å². The Labute approximate surface area is 98.2 Å². The highest BCUT2D eigenvalue weighted by atomic mass is 32.1. The van der Waals surface area contributed by atoms with E-state index in [9.17, 15) is 4.79 Å². The normalized spacial score (nSPS) is 20.3. The Morgan fingerprint density at radius 1 is 1.81 bits per heavy atom. The lowest BCUT2D eigenvalue weighted by Gasteiger charge is -2.22. The number of carbonyl (C=O) groups excluding carboxylic acids is 1. The molecule has 0 spiro atoms. The summed E-state index contributed by atoms with van der Waals surface area (Å²) < 4.78 is 4.87. The van der Waals surface area contributed by atoms with E-state index in [4.69, 9.17) is 10.5 Å². The molecular weight excluding hydrogens is 226 g/mol. The zero-order valence-corrected chi connectivity index (χ0v) is 10.00. The van der Waals surface area contributed by atoms with Crippen molar-refractivity contribution in [3.63, 3.8) is 0 Å². The number of amides is 1. The summed E-state index contributed by atoms with van der Waals surface area (Å²) in [5, 5.41) is 2.49. The molecule has 1 atom stereocenters. The molecule has 0 aliphatic carbocycles. The van der Waals surface area contributed by atoms with Crippen molar-refractivity contribution >= 4 is 22.4 Å². The lowest BCUT2D eigenvalue weighted by Crippen LogP contribution is -2.33. The standard InChI is InChI=1S/C10H15N3O2S/c1-15-5-9(14)13-4-2-3-8(13)7-6-16-10(11)12-7/h6,8H,2-5H2,1H3,(H2,11,12)/t8-/m1/s1. The first-order valence-corrected chi connectivity index (χ1v) is 6.09. The summed E-state index contributed by atoms with van der Waals surface area (Å²) in [6.45, 7) is 0.917. The largest absolute Gasteiger partial charge is 0.375 e. The van der Waals surface area contributed by atoms with E-state index in [-0.39, 0.29) is 18.6 Å². The van der Waals surface area contributed by atoms with Gasteiger partial charge in [0, 0.05) is 19.0 Å². The number of hydrogen-bond acceptors (Lipinski definition) is 5. The lowest BCUT2D eigenvalue weighted by molar-refractivity contribution is -0.136. The van der Waals surface area contributed by atoms with E-state index >= 15 is 0 Å². The van der Waals surface area contributed by atoms with Gasteiger partial charge in [-0.15, -0.1) is 11.3 Å². The molecule has 1 amide bonds. The predicted molar refractivity (Wildman–Crippen MR) is 62.1 cm³/mol. The van der Waals surface area contributed by atoms with Crippen LogP contribution in [0, 0.1) is 0 Å². The summed E-state index contributed by atoms with van der Waals surface area (Å²) in [6.07, 6.45) is 1.97. The minimum Gasteiger partial charge on any atom is -0.375 e. The Morgan fingerprint density at radius 2 is 2.62 bits per heavy atom. The summed E-state index contributed by atoms with van der Waals surface area (Å²) in [5.74, 6) is 0.0246. The number of carbonyl (C=O) groups is 1. The highest BCUT2D eigenvalue weighted by Crippen LogP contribution is 2.32. The van der Waals surface area contributed by atoms with Gasteiger partial charge in [-0.05, 0) is 12.8 Å². The van der Waals surface area contributed by atoms with Crippen LogP contribution >= 0.6 is 11.3 Å². The molecule has 88 valence electrons. The summed E-state index contributed by atoms with van der Waals surface area (Å²) in [4.78, 5) is 17.9. The van der Waals surface area contributed by atoms with E-state index in [1.807, 2.05) is 10.3 Å². The van der Waals surface area contributed by atoms with E-state index in [1.54, 1.807) is 0 Å². The molecule has 5 nitrogen and oxygen atoms in total. The zero-order chi connectivity index (χ0) is 11.5. The number of likely N-dealkylation sites (tertiary alicyclic amines) is 1. The predicted octanol–water partition coefficient (Wildman–Crippen LogP) is 1.04. The van der Waals surface area contributed by atoms with Crippen molar-refractivity contribution in [3.8, 4) is 0 Å². The Hall–Kier alpha value is -1.14. The van der Waals surface area contributed by atoms with Gasteiger partial charge >= 0.3 is 0 Å². The Morgan fingerprint density at radius 3 is 3.25 bits per heavy atom. The van der Waals surface area contributed by atoms with E-state index in [2.05, 4.69) is 4.98 Å². The molecule has 2 N–H and O–H groups in total. The highest BCUT2D eigenvalue weighted by Gasteiger charge is 2.31. The maximum absolute atomic E-state index is 11.8. The SMILES string of the molecule is COCC(=O)N1CCC[C@@H]1c1csc(N)n1. The molecule has 0 aromatic carbocycles. The second kappa shape index (κ2) is 4.80. The van der Waals surface area contributed by atoms with Crippen LogP contribution in [0.1, 0.15) is 24.6 Å². The number of rotatable bonds is 3. The van der Waals surface area contributed by atoms with Crippen molar-refractivity contribution in [2.24, 2.45) is 0 Å². The average Bonchev–Trinajstić information content (AvgIpc) is 2.85. The van der Waals surface area contributed by atoms with E-state index in [1.165, 1.54) is 18.4 Å². The summed E-state index contributed by atoms with van der Waals surface area (Å²) in [7, 11) is 1.53. The lowest BCUT2D eigenvalue weighted by atomic mass is 10.2. The maximum Gasteiger partial charge on any atom is 0.249 e. The Balaban J connectivity index is 2.11. The van der Waals surface area contributed by atoms with Gasteiger partial charge in [0.05, 0.1) is 11.7 Å². The van der Waals surface area contributed by atoms with Gasteiger partial charge in [-0.25, -0.2) is 4.98 Å². The Kier molecular flexibility index (Phi) is 3.40. The molecule has 0 radical (unpaired) electrons. The molecular formula is C10H15N3O2S. The zero-order valence-electron chi connectivity index (χ0n) is 9.18. The average molecular weight is 241 g/mol.